The fourth-order valence-corrected chi connectivity index (χ4v) is 24.1. The predicted octanol–water partition coefficient (Wildman–Crippen LogP) is 10.9. The Bertz CT molecular complexity index is 2880. The maximum atomic E-state index is 12.4. The van der Waals surface area contributed by atoms with Gasteiger partial charge in [-0.05, 0) is 212 Å². The molecule has 0 radical (unpaired) electrons. The minimum absolute atomic E-state index is 0.0207. The average Bonchev–Trinajstić information content (AvgIpc) is 0.758. The first kappa shape index (κ1) is 75.2. The highest BCUT2D eigenvalue weighted by Crippen LogP contribution is 2.66. The van der Waals surface area contributed by atoms with E-state index < -0.39 is 83.5 Å². The summed E-state index contributed by atoms with van der Waals surface area (Å²) in [4.78, 5) is 61.4. The van der Waals surface area contributed by atoms with Crippen LogP contribution in [0.4, 0.5) is 0 Å². The van der Waals surface area contributed by atoms with Crippen LogP contribution in [0.15, 0.2) is 0 Å². The molecule has 0 aromatic rings. The maximum absolute atomic E-state index is 12.4. The van der Waals surface area contributed by atoms with Crippen molar-refractivity contribution in [2.75, 3.05) is 0 Å². The van der Waals surface area contributed by atoms with Crippen molar-refractivity contribution in [3.05, 3.63) is 0 Å². The van der Waals surface area contributed by atoms with E-state index in [-0.39, 0.29) is 84.0 Å². The van der Waals surface area contributed by atoms with E-state index in [0.717, 1.165) is 116 Å². The highest BCUT2D eigenvalue weighted by Gasteiger charge is 2.71. The molecule has 20 aliphatic rings. The van der Waals surface area contributed by atoms with E-state index in [9.17, 15) is 69.9 Å². The lowest BCUT2D eigenvalue weighted by atomic mass is 9.48. The minimum atomic E-state index is -1.13. The SMILES string of the molecule is CCC(C)(C)C(=O)OC12CC3(O)CC(O)(CC(O)(C3)C1)C2.CCC(C)(C)C(=O)OC12CC3CC(CC(O)(C3)C1)C2.CCC(C)(C)C(=O)OC12CC3CC(O)(CC(O)(C3)C1)C2.CCC(C)C(=O)OC12CC3CC(CC(O)(C3)C1)C2.CCC(C)C(=O)OC12CC3CC(O)(CC(O)(C3)C1)C2. The Balaban J connectivity index is 0.000000123. The summed E-state index contributed by atoms with van der Waals surface area (Å²) in [6.45, 7) is 25.0. The lowest BCUT2D eigenvalue weighted by Crippen LogP contribution is -2.72. The van der Waals surface area contributed by atoms with Gasteiger partial charge < -0.3 is 69.6 Å². The minimum Gasteiger partial charge on any atom is -0.459 e. The Labute approximate surface area is 577 Å². The third kappa shape index (κ3) is 15.5. The first-order chi connectivity index (χ1) is 44.5. The molecule has 20 fully saturated rings. The van der Waals surface area contributed by atoms with Gasteiger partial charge in [0.05, 0.1) is 78.5 Å². The largest absolute Gasteiger partial charge is 0.459 e. The molecular weight excluding hydrogens is 1240 g/mol. The smallest absolute Gasteiger partial charge is 0.312 e. The van der Waals surface area contributed by atoms with Crippen molar-refractivity contribution in [1.82, 2.24) is 0 Å². The number of carbonyl (C=O) groups excluding carboxylic acids is 5. The van der Waals surface area contributed by atoms with Gasteiger partial charge in [-0.3, -0.25) is 24.0 Å². The van der Waals surface area contributed by atoms with Crippen molar-refractivity contribution in [3.8, 4) is 0 Å². The number of hydrogen-bond acceptors (Lipinski definition) is 19. The van der Waals surface area contributed by atoms with E-state index in [1.165, 1.54) is 12.8 Å². The molecule has 0 heterocycles. The van der Waals surface area contributed by atoms with Gasteiger partial charge in [0, 0.05) is 89.9 Å². The van der Waals surface area contributed by atoms with Crippen LogP contribution in [0.2, 0.25) is 0 Å². The van der Waals surface area contributed by atoms with Gasteiger partial charge in [0.15, 0.2) is 0 Å². The Morgan fingerprint density at radius 1 is 0.299 bits per heavy atom. The second-order valence-electron chi connectivity index (χ2n) is 39.3. The Hall–Kier alpha value is -3.01. The second-order valence-corrected chi connectivity index (χ2v) is 39.3. The molecule has 552 valence electrons. The van der Waals surface area contributed by atoms with E-state index in [0.29, 0.717) is 101 Å². The molecule has 0 saturated heterocycles. The zero-order valence-electron chi connectivity index (χ0n) is 61.5. The van der Waals surface area contributed by atoms with Crippen LogP contribution in [0, 0.1) is 63.6 Å². The average molecular weight is 1370 g/mol. The number of esters is 5. The molecule has 0 aromatic carbocycles. The molecule has 20 rings (SSSR count). The van der Waals surface area contributed by atoms with Gasteiger partial charge in [0.25, 0.3) is 0 Å². The highest BCUT2D eigenvalue weighted by molar-refractivity contribution is 5.78. The molecule has 0 spiro atoms. The van der Waals surface area contributed by atoms with Crippen molar-refractivity contribution < 1.29 is 93.6 Å². The molecule has 10 unspecified atom stereocenters. The van der Waals surface area contributed by atoms with E-state index in [2.05, 4.69) is 0 Å². The summed E-state index contributed by atoms with van der Waals surface area (Å²) >= 11 is 0. The number of rotatable bonds is 15. The molecule has 20 saturated carbocycles. The monoisotopic (exact) mass is 1370 g/mol. The summed E-state index contributed by atoms with van der Waals surface area (Å²) in [5.74, 6) is 1.84. The molecule has 20 aliphatic carbocycles. The second kappa shape index (κ2) is 24.8. The number of aliphatic hydroxyl groups is 9. The maximum Gasteiger partial charge on any atom is 0.312 e. The quantitative estimate of drug-likeness (QED) is 0.0543. The van der Waals surface area contributed by atoms with Crippen molar-refractivity contribution in [2.24, 2.45) is 63.6 Å². The summed E-state index contributed by atoms with van der Waals surface area (Å²) in [6, 6.07) is 0. The van der Waals surface area contributed by atoms with Crippen LogP contribution in [0.1, 0.15) is 315 Å². The molecule has 20 bridgehead atoms. The Morgan fingerprint density at radius 2 is 0.515 bits per heavy atom. The normalized spacial score (nSPS) is 47.2. The van der Waals surface area contributed by atoms with Gasteiger partial charge in [-0.2, -0.15) is 0 Å². The van der Waals surface area contributed by atoms with Crippen molar-refractivity contribution in [3.63, 3.8) is 0 Å². The molecule has 19 heteroatoms. The Morgan fingerprint density at radius 3 is 0.794 bits per heavy atom. The third-order valence-electron chi connectivity index (χ3n) is 27.7. The molecule has 10 atom stereocenters. The van der Waals surface area contributed by atoms with Crippen LogP contribution in [-0.2, 0) is 47.7 Å². The molecule has 9 N–H and O–H groups in total. The molecule has 0 aromatic heterocycles. The van der Waals surface area contributed by atoms with Crippen LogP contribution >= 0.6 is 0 Å². The fraction of sp³-hybridized carbons (Fsp3) is 0.936. The van der Waals surface area contributed by atoms with Gasteiger partial charge in [-0.1, -0.05) is 48.5 Å². The third-order valence-corrected chi connectivity index (χ3v) is 27.7. The zero-order chi connectivity index (χ0) is 71.3. The van der Waals surface area contributed by atoms with Gasteiger partial charge in [-0.15, -0.1) is 0 Å². The Kier molecular flexibility index (Phi) is 19.2. The van der Waals surface area contributed by atoms with Crippen LogP contribution < -0.4 is 0 Å². The number of hydrogen-bond donors (Lipinski definition) is 9. The van der Waals surface area contributed by atoms with Gasteiger partial charge in [0.2, 0.25) is 0 Å². The predicted molar refractivity (Wildman–Crippen MR) is 359 cm³/mol. The zero-order valence-corrected chi connectivity index (χ0v) is 61.5. The van der Waals surface area contributed by atoms with Gasteiger partial charge in [-0.25, -0.2) is 0 Å². The fourth-order valence-electron chi connectivity index (χ4n) is 24.1. The van der Waals surface area contributed by atoms with E-state index >= 15 is 0 Å². The molecular formula is C78H126O19. The summed E-state index contributed by atoms with van der Waals surface area (Å²) in [6.07, 6.45) is 24.3. The summed E-state index contributed by atoms with van der Waals surface area (Å²) in [5, 5.41) is 95.7. The van der Waals surface area contributed by atoms with Crippen LogP contribution in [0.5, 0.6) is 0 Å². The van der Waals surface area contributed by atoms with Crippen molar-refractivity contribution >= 4 is 29.8 Å². The first-order valence-corrected chi connectivity index (χ1v) is 38.2. The summed E-state index contributed by atoms with van der Waals surface area (Å²) in [5.41, 5.74) is -12.2. The van der Waals surface area contributed by atoms with Crippen LogP contribution in [-0.4, -0.2) is 154 Å². The van der Waals surface area contributed by atoms with E-state index in [1.807, 2.05) is 90.0 Å². The standard InChI is InChI=1S/C16H26O5.C16H26O4.C16H26O3.C15H24O4.C15H24O3/c1-4-12(2,3)11(17)21-16-8-13(18)5-14(19,9-16)7-15(20,6-13)10-16;1-4-13(2,3)12(17)20-16-7-11-5-14(18,9-16)8-15(19,6-11)10-16;1-4-14(2,3)13(17)19-16-8-11-5-12(9-16)7-15(18,6-11)10-16;1-3-10(2)12(16)19-15-6-11-4-13(17,8-15)7-14(18,5-11)9-15;1-3-10(2)13(16)18-15-7-11-4-12(8-15)6-14(17,5-11)9-15/h18-20H,4-10H2,1-3H3;11,18-19H,4-10H2,1-3H3;11-12,18H,4-10H2,1-3H3;10-11,17-18H,3-9H2,1-2H3;10-12,17H,3-9H2,1-2H3. The number of carbonyl (C=O) groups is 5. The topological polar surface area (TPSA) is 314 Å². The van der Waals surface area contributed by atoms with Crippen molar-refractivity contribution in [2.45, 2.75) is 393 Å². The molecule has 0 aliphatic heterocycles. The summed E-state index contributed by atoms with van der Waals surface area (Å²) in [7, 11) is 0. The van der Waals surface area contributed by atoms with Crippen molar-refractivity contribution in [1.29, 1.82) is 0 Å². The lowest BCUT2D eigenvalue weighted by molar-refractivity contribution is -0.302. The molecule has 19 nitrogen and oxygen atoms in total. The molecule has 0 amide bonds. The van der Waals surface area contributed by atoms with Gasteiger partial charge in [0.1, 0.15) is 28.0 Å². The van der Waals surface area contributed by atoms with E-state index in [4.69, 9.17) is 23.7 Å². The molecule has 97 heavy (non-hydrogen) atoms. The lowest BCUT2D eigenvalue weighted by Gasteiger charge is -2.65. The van der Waals surface area contributed by atoms with Crippen LogP contribution in [0.3, 0.4) is 0 Å². The van der Waals surface area contributed by atoms with Crippen LogP contribution in [0.25, 0.3) is 0 Å². The van der Waals surface area contributed by atoms with Gasteiger partial charge >= 0.3 is 29.8 Å². The van der Waals surface area contributed by atoms with E-state index in [1.54, 1.807) is 0 Å². The highest BCUT2D eigenvalue weighted by atomic mass is 16.6. The summed E-state index contributed by atoms with van der Waals surface area (Å²) < 4.78 is 29.3. The first-order valence-electron chi connectivity index (χ1n) is 38.2. The number of ether oxygens (including phenoxy) is 5.